The molecule has 1 unspecified atom stereocenters. The highest BCUT2D eigenvalue weighted by atomic mass is 32.1. The highest BCUT2D eigenvalue weighted by Crippen LogP contribution is 2.28. The zero-order chi connectivity index (χ0) is 15.0. The van der Waals surface area contributed by atoms with Gasteiger partial charge in [0.1, 0.15) is 6.04 Å². The summed E-state index contributed by atoms with van der Waals surface area (Å²) < 4.78 is 0. The monoisotopic (exact) mass is 306 g/mol. The van der Waals surface area contributed by atoms with Crippen molar-refractivity contribution in [2.24, 2.45) is 0 Å². The van der Waals surface area contributed by atoms with E-state index in [4.69, 9.17) is 0 Å². The quantitative estimate of drug-likeness (QED) is 0.929. The number of rotatable bonds is 4. The molecule has 1 aromatic heterocycles. The van der Waals surface area contributed by atoms with Crippen molar-refractivity contribution in [1.29, 1.82) is 0 Å². The van der Waals surface area contributed by atoms with Crippen molar-refractivity contribution < 1.29 is 9.59 Å². The van der Waals surface area contributed by atoms with Crippen molar-refractivity contribution in [2.45, 2.75) is 58.0 Å². The minimum absolute atomic E-state index is 0.0243. The first-order valence-corrected chi connectivity index (χ1v) is 8.62. The van der Waals surface area contributed by atoms with Gasteiger partial charge >= 0.3 is 0 Å². The van der Waals surface area contributed by atoms with E-state index >= 15 is 0 Å². The van der Waals surface area contributed by atoms with Crippen LogP contribution in [0.1, 0.15) is 52.7 Å². The molecule has 21 heavy (non-hydrogen) atoms. The van der Waals surface area contributed by atoms with Gasteiger partial charge in [-0.05, 0) is 50.7 Å². The topological polar surface area (TPSA) is 49.4 Å². The lowest BCUT2D eigenvalue weighted by atomic mass is 10.2. The standard InChI is InChI=1S/C16H22N2O2S/c1-3-11-9-14(21-10(11)2)16(20)18-8-4-5-13(18)15(19)17-12-6-7-12/h9,12-13H,3-8H2,1-2H3,(H,17,19). The largest absolute Gasteiger partial charge is 0.352 e. The van der Waals surface area contributed by atoms with Crippen LogP contribution in [-0.4, -0.2) is 35.3 Å². The molecular weight excluding hydrogens is 284 g/mol. The van der Waals surface area contributed by atoms with Crippen molar-refractivity contribution in [3.8, 4) is 0 Å². The number of carbonyl (C=O) groups excluding carboxylic acids is 2. The number of carbonyl (C=O) groups is 2. The molecule has 114 valence electrons. The van der Waals surface area contributed by atoms with Gasteiger partial charge in [-0.2, -0.15) is 0 Å². The third kappa shape index (κ3) is 2.98. The summed E-state index contributed by atoms with van der Waals surface area (Å²) in [7, 11) is 0. The van der Waals surface area contributed by atoms with Crippen LogP contribution in [-0.2, 0) is 11.2 Å². The maximum Gasteiger partial charge on any atom is 0.264 e. The van der Waals surface area contributed by atoms with Gasteiger partial charge in [0.25, 0.3) is 5.91 Å². The molecule has 1 saturated heterocycles. The summed E-state index contributed by atoms with van der Waals surface area (Å²) in [5.74, 6) is 0.0589. The van der Waals surface area contributed by atoms with Crippen molar-refractivity contribution in [1.82, 2.24) is 10.2 Å². The molecular formula is C16H22N2O2S. The molecule has 5 heteroatoms. The van der Waals surface area contributed by atoms with E-state index < -0.39 is 0 Å². The lowest BCUT2D eigenvalue weighted by Gasteiger charge is -2.23. The summed E-state index contributed by atoms with van der Waals surface area (Å²) in [6.07, 6.45) is 4.81. The van der Waals surface area contributed by atoms with E-state index in [0.29, 0.717) is 12.6 Å². The molecule has 3 rings (SSSR count). The minimum atomic E-state index is -0.273. The zero-order valence-electron chi connectivity index (χ0n) is 12.6. The summed E-state index contributed by atoms with van der Waals surface area (Å²) in [5.41, 5.74) is 1.24. The molecule has 1 aliphatic heterocycles. The van der Waals surface area contributed by atoms with Gasteiger partial charge in [0.15, 0.2) is 0 Å². The Kier molecular flexibility index (Phi) is 4.02. The van der Waals surface area contributed by atoms with E-state index in [1.165, 1.54) is 10.4 Å². The number of likely N-dealkylation sites (tertiary alicyclic amines) is 1. The predicted molar refractivity (Wildman–Crippen MR) is 83.7 cm³/mol. The number of hydrogen-bond acceptors (Lipinski definition) is 3. The molecule has 2 aliphatic rings. The molecule has 0 radical (unpaired) electrons. The summed E-state index contributed by atoms with van der Waals surface area (Å²) in [5, 5.41) is 3.03. The molecule has 2 amide bonds. The Bertz CT molecular complexity index is 563. The lowest BCUT2D eigenvalue weighted by Crippen LogP contribution is -2.46. The summed E-state index contributed by atoms with van der Waals surface area (Å²) in [4.78, 5) is 28.7. The van der Waals surface area contributed by atoms with Crippen LogP contribution < -0.4 is 5.32 Å². The number of nitrogens with zero attached hydrogens (tertiary/aromatic N) is 1. The van der Waals surface area contributed by atoms with Crippen molar-refractivity contribution in [3.63, 3.8) is 0 Å². The third-order valence-corrected chi connectivity index (χ3v) is 5.43. The van der Waals surface area contributed by atoms with Gasteiger partial charge in [0.2, 0.25) is 5.91 Å². The van der Waals surface area contributed by atoms with E-state index in [9.17, 15) is 9.59 Å². The predicted octanol–water partition coefficient (Wildman–Crippen LogP) is 2.50. The lowest BCUT2D eigenvalue weighted by molar-refractivity contribution is -0.125. The fourth-order valence-corrected chi connectivity index (χ4v) is 4.00. The number of amides is 2. The Labute approximate surface area is 129 Å². The molecule has 2 fully saturated rings. The fourth-order valence-electron chi connectivity index (χ4n) is 2.93. The number of aryl methyl sites for hydroxylation is 2. The van der Waals surface area contributed by atoms with Crippen molar-refractivity contribution in [3.05, 3.63) is 21.4 Å². The maximum atomic E-state index is 12.7. The van der Waals surface area contributed by atoms with Crippen LogP contribution in [0.25, 0.3) is 0 Å². The van der Waals surface area contributed by atoms with Crippen LogP contribution in [0.3, 0.4) is 0 Å². The number of thiophene rings is 1. The van der Waals surface area contributed by atoms with Gasteiger partial charge in [-0.15, -0.1) is 11.3 Å². The van der Waals surface area contributed by atoms with Crippen LogP contribution in [0.5, 0.6) is 0 Å². The molecule has 0 aromatic carbocycles. The average Bonchev–Trinajstić information content (AvgIpc) is 3.02. The fraction of sp³-hybridized carbons (Fsp3) is 0.625. The highest BCUT2D eigenvalue weighted by molar-refractivity contribution is 7.14. The first-order valence-electron chi connectivity index (χ1n) is 7.80. The Balaban J connectivity index is 1.73. The number of nitrogens with one attached hydrogen (secondary N) is 1. The molecule has 4 nitrogen and oxygen atoms in total. The van der Waals surface area contributed by atoms with Crippen LogP contribution in [0.15, 0.2) is 6.07 Å². The normalized spacial score (nSPS) is 21.6. The van der Waals surface area contributed by atoms with Gasteiger partial charge in [-0.1, -0.05) is 6.92 Å². The molecule has 0 bridgehead atoms. The third-order valence-electron chi connectivity index (χ3n) is 4.35. The van der Waals surface area contributed by atoms with Crippen LogP contribution in [0, 0.1) is 6.92 Å². The Morgan fingerprint density at radius 1 is 1.38 bits per heavy atom. The second-order valence-electron chi connectivity index (χ2n) is 5.99. The second kappa shape index (κ2) is 5.79. The number of hydrogen-bond donors (Lipinski definition) is 1. The van der Waals surface area contributed by atoms with E-state index in [1.54, 1.807) is 16.2 Å². The Hall–Kier alpha value is -1.36. The zero-order valence-corrected chi connectivity index (χ0v) is 13.5. The van der Waals surface area contributed by atoms with Gasteiger partial charge in [0.05, 0.1) is 4.88 Å². The SMILES string of the molecule is CCc1cc(C(=O)N2CCCC2C(=O)NC2CC2)sc1C. The molecule has 1 aromatic rings. The Morgan fingerprint density at radius 3 is 2.76 bits per heavy atom. The molecule has 2 heterocycles. The van der Waals surface area contributed by atoms with Crippen LogP contribution in [0.2, 0.25) is 0 Å². The summed E-state index contributed by atoms with van der Waals surface area (Å²) in [6, 6.07) is 2.08. The molecule has 0 spiro atoms. The first kappa shape index (κ1) is 14.6. The molecule has 1 saturated carbocycles. The van der Waals surface area contributed by atoms with E-state index in [0.717, 1.165) is 37.0 Å². The van der Waals surface area contributed by atoms with Gasteiger partial charge in [-0.25, -0.2) is 0 Å². The van der Waals surface area contributed by atoms with E-state index in [1.807, 2.05) is 6.07 Å². The van der Waals surface area contributed by atoms with E-state index in [2.05, 4.69) is 19.2 Å². The van der Waals surface area contributed by atoms with Gasteiger partial charge in [0, 0.05) is 17.5 Å². The van der Waals surface area contributed by atoms with Crippen molar-refractivity contribution >= 4 is 23.2 Å². The van der Waals surface area contributed by atoms with Gasteiger partial charge in [-0.3, -0.25) is 9.59 Å². The minimum Gasteiger partial charge on any atom is -0.352 e. The van der Waals surface area contributed by atoms with Gasteiger partial charge < -0.3 is 10.2 Å². The van der Waals surface area contributed by atoms with E-state index in [-0.39, 0.29) is 17.9 Å². The molecule has 1 aliphatic carbocycles. The molecule has 1 N–H and O–H groups in total. The Morgan fingerprint density at radius 2 is 2.14 bits per heavy atom. The molecule has 1 atom stereocenters. The summed E-state index contributed by atoms with van der Waals surface area (Å²) >= 11 is 1.55. The smallest absolute Gasteiger partial charge is 0.264 e. The average molecular weight is 306 g/mol. The van der Waals surface area contributed by atoms with Crippen molar-refractivity contribution in [2.75, 3.05) is 6.54 Å². The first-order chi connectivity index (χ1) is 10.1. The highest BCUT2D eigenvalue weighted by Gasteiger charge is 2.37. The van der Waals surface area contributed by atoms with Crippen LogP contribution in [0.4, 0.5) is 0 Å². The summed E-state index contributed by atoms with van der Waals surface area (Å²) in [6.45, 7) is 4.85. The van der Waals surface area contributed by atoms with Crippen LogP contribution >= 0.6 is 11.3 Å². The second-order valence-corrected chi connectivity index (χ2v) is 7.24. The maximum absolute atomic E-state index is 12.7.